The number of methoxy groups -OCH3 is 1. The van der Waals surface area contributed by atoms with E-state index in [1.165, 1.54) is 7.11 Å². The average Bonchev–Trinajstić information content (AvgIpc) is 3.26. The zero-order valence-corrected chi connectivity index (χ0v) is 12.9. The molecular formula is C15H20N2O3S. The molecule has 1 aromatic carbocycles. The number of nitrogens with two attached hydrogens (primary N) is 1. The lowest BCUT2D eigenvalue weighted by Crippen LogP contribution is -2.29. The van der Waals surface area contributed by atoms with Crippen LogP contribution < -0.4 is 11.3 Å². The van der Waals surface area contributed by atoms with Crippen molar-refractivity contribution in [2.45, 2.75) is 25.0 Å². The lowest BCUT2D eigenvalue weighted by molar-refractivity contribution is -0.141. The van der Waals surface area contributed by atoms with Gasteiger partial charge in [0, 0.05) is 11.3 Å². The molecule has 0 bridgehead atoms. The van der Waals surface area contributed by atoms with Crippen molar-refractivity contribution < 1.29 is 14.3 Å². The smallest absolute Gasteiger partial charge is 0.306 e. The number of amides is 1. The SMILES string of the molecule is COC(=O)CC1(CSCc2ccc(C(=O)NN)cc2)CC1. The van der Waals surface area contributed by atoms with E-state index in [9.17, 15) is 9.59 Å². The van der Waals surface area contributed by atoms with Gasteiger partial charge in [0.25, 0.3) is 5.91 Å². The van der Waals surface area contributed by atoms with Gasteiger partial charge >= 0.3 is 5.97 Å². The van der Waals surface area contributed by atoms with E-state index in [0.717, 1.165) is 29.9 Å². The maximum Gasteiger partial charge on any atom is 0.306 e. The summed E-state index contributed by atoms with van der Waals surface area (Å²) in [6.45, 7) is 0. The fourth-order valence-electron chi connectivity index (χ4n) is 2.15. The number of ether oxygens (including phenoxy) is 1. The maximum atomic E-state index is 11.4. The van der Waals surface area contributed by atoms with Crippen molar-refractivity contribution in [3.05, 3.63) is 35.4 Å². The summed E-state index contributed by atoms with van der Waals surface area (Å²) in [4.78, 5) is 22.7. The van der Waals surface area contributed by atoms with Gasteiger partial charge in [-0.05, 0) is 41.7 Å². The fourth-order valence-corrected chi connectivity index (χ4v) is 3.50. The van der Waals surface area contributed by atoms with Gasteiger partial charge in [0.2, 0.25) is 0 Å². The van der Waals surface area contributed by atoms with Crippen LogP contribution in [0, 0.1) is 5.41 Å². The highest BCUT2D eigenvalue weighted by Gasteiger charge is 2.44. The molecule has 21 heavy (non-hydrogen) atoms. The molecule has 0 heterocycles. The highest BCUT2D eigenvalue weighted by atomic mass is 32.2. The largest absolute Gasteiger partial charge is 0.469 e. The summed E-state index contributed by atoms with van der Waals surface area (Å²) < 4.78 is 4.74. The van der Waals surface area contributed by atoms with Gasteiger partial charge in [0.05, 0.1) is 13.5 Å². The summed E-state index contributed by atoms with van der Waals surface area (Å²) in [5.41, 5.74) is 3.96. The second-order valence-corrected chi connectivity index (χ2v) is 6.40. The van der Waals surface area contributed by atoms with Gasteiger partial charge in [-0.1, -0.05) is 12.1 Å². The predicted molar refractivity (Wildman–Crippen MR) is 82.6 cm³/mol. The van der Waals surface area contributed by atoms with Crippen LogP contribution in [0.4, 0.5) is 0 Å². The van der Waals surface area contributed by atoms with Gasteiger partial charge in [0.15, 0.2) is 0 Å². The Labute approximate surface area is 128 Å². The minimum atomic E-state index is -0.288. The highest BCUT2D eigenvalue weighted by molar-refractivity contribution is 7.98. The van der Waals surface area contributed by atoms with Crippen molar-refractivity contribution in [2.75, 3.05) is 12.9 Å². The molecule has 0 atom stereocenters. The van der Waals surface area contributed by atoms with Crippen LogP contribution in [0.15, 0.2) is 24.3 Å². The minimum Gasteiger partial charge on any atom is -0.469 e. The normalized spacial score (nSPS) is 15.3. The molecule has 0 radical (unpaired) electrons. The first-order valence-electron chi connectivity index (χ1n) is 6.83. The second-order valence-electron chi connectivity index (χ2n) is 5.42. The van der Waals surface area contributed by atoms with Crippen LogP contribution in [-0.2, 0) is 15.3 Å². The molecule has 0 unspecified atom stereocenters. The molecule has 2 rings (SSSR count). The summed E-state index contributed by atoms with van der Waals surface area (Å²) in [5, 5.41) is 0. The van der Waals surface area contributed by atoms with E-state index in [-0.39, 0.29) is 17.3 Å². The van der Waals surface area contributed by atoms with E-state index in [2.05, 4.69) is 5.43 Å². The summed E-state index contributed by atoms with van der Waals surface area (Å²) in [6.07, 6.45) is 2.72. The number of nitrogens with one attached hydrogen (secondary N) is 1. The lowest BCUT2D eigenvalue weighted by atomic mass is 10.1. The van der Waals surface area contributed by atoms with Gasteiger partial charge in [-0.25, -0.2) is 5.84 Å². The molecule has 114 valence electrons. The third-order valence-electron chi connectivity index (χ3n) is 3.73. The van der Waals surface area contributed by atoms with Crippen molar-refractivity contribution in [2.24, 2.45) is 11.3 Å². The minimum absolute atomic E-state index is 0.120. The number of rotatable bonds is 7. The number of nitrogen functional groups attached to an aromatic ring is 1. The van der Waals surface area contributed by atoms with E-state index >= 15 is 0 Å². The molecule has 0 saturated heterocycles. The van der Waals surface area contributed by atoms with Crippen molar-refractivity contribution in [1.29, 1.82) is 0 Å². The quantitative estimate of drug-likeness (QED) is 0.348. The van der Waals surface area contributed by atoms with Gasteiger partial charge < -0.3 is 4.74 Å². The van der Waals surface area contributed by atoms with Crippen LogP contribution in [-0.4, -0.2) is 24.7 Å². The van der Waals surface area contributed by atoms with Crippen molar-refractivity contribution in [3.8, 4) is 0 Å². The molecule has 1 aromatic rings. The summed E-state index contributed by atoms with van der Waals surface area (Å²) >= 11 is 1.82. The Morgan fingerprint density at radius 2 is 2.00 bits per heavy atom. The standard InChI is InChI=1S/C15H20N2O3S/c1-20-13(18)8-15(6-7-15)10-21-9-11-2-4-12(5-3-11)14(19)17-16/h2-5H,6-10,16H2,1H3,(H,17,19). The molecule has 1 fully saturated rings. The predicted octanol–water partition coefficient (Wildman–Crippen LogP) is 1.87. The third kappa shape index (κ3) is 4.47. The van der Waals surface area contributed by atoms with E-state index < -0.39 is 0 Å². The molecule has 1 aliphatic rings. The van der Waals surface area contributed by atoms with Gasteiger partial charge in [-0.2, -0.15) is 11.8 Å². The second kappa shape index (κ2) is 6.95. The first-order chi connectivity index (χ1) is 10.1. The van der Waals surface area contributed by atoms with Gasteiger partial charge in [0.1, 0.15) is 0 Å². The van der Waals surface area contributed by atoms with Crippen LogP contribution in [0.5, 0.6) is 0 Å². The van der Waals surface area contributed by atoms with Crippen molar-refractivity contribution >= 4 is 23.6 Å². The number of thioether (sulfide) groups is 1. The monoisotopic (exact) mass is 308 g/mol. The molecule has 1 aliphatic carbocycles. The fraction of sp³-hybridized carbons (Fsp3) is 0.467. The first kappa shape index (κ1) is 15.9. The number of esters is 1. The number of hydrogen-bond donors (Lipinski definition) is 2. The first-order valence-corrected chi connectivity index (χ1v) is 7.98. The zero-order chi connectivity index (χ0) is 15.3. The molecule has 1 saturated carbocycles. The Hall–Kier alpha value is -1.53. The lowest BCUT2D eigenvalue weighted by Gasteiger charge is -2.13. The Bertz CT molecular complexity index is 512. The molecule has 0 spiro atoms. The Kier molecular flexibility index (Phi) is 5.25. The van der Waals surface area contributed by atoms with Crippen LogP contribution in [0.2, 0.25) is 0 Å². The summed E-state index contributed by atoms with van der Waals surface area (Å²) in [6, 6.07) is 7.38. The Balaban J connectivity index is 1.78. The maximum absolute atomic E-state index is 11.4. The van der Waals surface area contributed by atoms with E-state index in [0.29, 0.717) is 12.0 Å². The van der Waals surface area contributed by atoms with E-state index in [1.807, 2.05) is 23.9 Å². The van der Waals surface area contributed by atoms with Crippen LogP contribution in [0.25, 0.3) is 0 Å². The highest BCUT2D eigenvalue weighted by Crippen LogP contribution is 2.51. The number of carbonyl (C=O) groups excluding carboxylic acids is 2. The molecule has 5 nitrogen and oxygen atoms in total. The molecule has 3 N–H and O–H groups in total. The van der Waals surface area contributed by atoms with E-state index in [4.69, 9.17) is 10.6 Å². The van der Waals surface area contributed by atoms with Crippen LogP contribution >= 0.6 is 11.8 Å². The molecular weight excluding hydrogens is 288 g/mol. The zero-order valence-electron chi connectivity index (χ0n) is 12.1. The number of hydrogen-bond acceptors (Lipinski definition) is 5. The summed E-state index contributed by atoms with van der Waals surface area (Å²) in [7, 11) is 1.44. The number of carbonyl (C=O) groups is 2. The Morgan fingerprint density at radius 3 is 2.52 bits per heavy atom. The average molecular weight is 308 g/mol. The van der Waals surface area contributed by atoms with Gasteiger partial charge in [-0.3, -0.25) is 15.0 Å². The van der Waals surface area contributed by atoms with Crippen molar-refractivity contribution in [3.63, 3.8) is 0 Å². The molecule has 0 aliphatic heterocycles. The summed E-state index contributed by atoms with van der Waals surface area (Å²) in [5.74, 6) is 6.51. The third-order valence-corrected chi connectivity index (χ3v) is 5.08. The number of hydrazine groups is 1. The Morgan fingerprint density at radius 1 is 1.33 bits per heavy atom. The molecule has 6 heteroatoms. The van der Waals surface area contributed by atoms with E-state index in [1.54, 1.807) is 12.1 Å². The van der Waals surface area contributed by atoms with Crippen LogP contribution in [0.1, 0.15) is 35.2 Å². The van der Waals surface area contributed by atoms with Crippen molar-refractivity contribution in [1.82, 2.24) is 5.43 Å². The molecule has 0 aromatic heterocycles. The van der Waals surface area contributed by atoms with Gasteiger partial charge in [-0.15, -0.1) is 0 Å². The van der Waals surface area contributed by atoms with Crippen LogP contribution in [0.3, 0.4) is 0 Å². The number of benzene rings is 1. The topological polar surface area (TPSA) is 81.4 Å². The molecule has 1 amide bonds.